The monoisotopic (exact) mass is 359 g/mol. The number of rotatable bonds is 5. The molecule has 0 saturated carbocycles. The Morgan fingerprint density at radius 3 is 2.46 bits per heavy atom. The fraction of sp³-hybridized carbons (Fsp3) is 0.350. The highest BCUT2D eigenvalue weighted by atomic mass is 19.1. The molecule has 138 valence electrons. The molecule has 2 aromatic rings. The number of carbonyl (C=O) groups is 1. The average molecular weight is 359 g/mol. The molecule has 1 aliphatic rings. The predicted molar refractivity (Wildman–Crippen MR) is 101 cm³/mol. The summed E-state index contributed by atoms with van der Waals surface area (Å²) in [6.45, 7) is 4.29. The van der Waals surface area contributed by atoms with E-state index in [1.165, 1.54) is 18.9 Å². The van der Waals surface area contributed by atoms with Crippen molar-refractivity contribution in [3.8, 4) is 0 Å². The fourth-order valence-corrected chi connectivity index (χ4v) is 3.04. The SMILES string of the molecule is CC1CCN(c2ccc(NC(=O)CNc3ccc(F)cc3F)cc2)CC1. The van der Waals surface area contributed by atoms with Gasteiger partial charge in [-0.3, -0.25) is 4.79 Å². The molecule has 1 heterocycles. The first-order valence-corrected chi connectivity index (χ1v) is 8.85. The van der Waals surface area contributed by atoms with Crippen molar-refractivity contribution in [2.45, 2.75) is 19.8 Å². The van der Waals surface area contributed by atoms with Crippen molar-refractivity contribution >= 4 is 23.0 Å². The van der Waals surface area contributed by atoms with Crippen molar-refractivity contribution in [2.24, 2.45) is 5.92 Å². The summed E-state index contributed by atoms with van der Waals surface area (Å²) in [4.78, 5) is 14.4. The van der Waals surface area contributed by atoms with Crippen LogP contribution in [0.3, 0.4) is 0 Å². The largest absolute Gasteiger partial charge is 0.374 e. The van der Waals surface area contributed by atoms with Gasteiger partial charge >= 0.3 is 0 Å². The zero-order valence-corrected chi connectivity index (χ0v) is 14.8. The molecule has 26 heavy (non-hydrogen) atoms. The minimum Gasteiger partial charge on any atom is -0.374 e. The number of amides is 1. The zero-order chi connectivity index (χ0) is 18.5. The molecule has 0 aromatic heterocycles. The third-order valence-electron chi connectivity index (χ3n) is 4.67. The van der Waals surface area contributed by atoms with Crippen LogP contribution in [0.25, 0.3) is 0 Å². The zero-order valence-electron chi connectivity index (χ0n) is 14.8. The Hall–Kier alpha value is -2.63. The van der Waals surface area contributed by atoms with Crippen LogP contribution in [0, 0.1) is 17.6 Å². The number of carbonyl (C=O) groups excluding carboxylic acids is 1. The van der Waals surface area contributed by atoms with E-state index in [4.69, 9.17) is 0 Å². The second kappa shape index (κ2) is 8.17. The Bertz CT molecular complexity index is 756. The quantitative estimate of drug-likeness (QED) is 0.839. The van der Waals surface area contributed by atoms with E-state index in [-0.39, 0.29) is 18.1 Å². The number of hydrogen-bond acceptors (Lipinski definition) is 3. The van der Waals surface area contributed by atoms with Crippen molar-refractivity contribution in [1.29, 1.82) is 0 Å². The van der Waals surface area contributed by atoms with E-state index < -0.39 is 11.6 Å². The van der Waals surface area contributed by atoms with E-state index >= 15 is 0 Å². The maximum Gasteiger partial charge on any atom is 0.243 e. The van der Waals surface area contributed by atoms with Gasteiger partial charge in [0.25, 0.3) is 0 Å². The third kappa shape index (κ3) is 4.71. The number of halogens is 2. The summed E-state index contributed by atoms with van der Waals surface area (Å²) in [5.74, 6) is -0.893. The van der Waals surface area contributed by atoms with Crippen molar-refractivity contribution in [1.82, 2.24) is 0 Å². The van der Waals surface area contributed by atoms with Gasteiger partial charge in [0.2, 0.25) is 5.91 Å². The van der Waals surface area contributed by atoms with Crippen molar-refractivity contribution in [3.63, 3.8) is 0 Å². The van der Waals surface area contributed by atoms with Crippen LogP contribution in [0.2, 0.25) is 0 Å². The van der Waals surface area contributed by atoms with E-state index in [1.807, 2.05) is 24.3 Å². The second-order valence-electron chi connectivity index (χ2n) is 6.74. The highest BCUT2D eigenvalue weighted by Crippen LogP contribution is 2.24. The van der Waals surface area contributed by atoms with Crippen LogP contribution in [0.4, 0.5) is 25.8 Å². The highest BCUT2D eigenvalue weighted by molar-refractivity contribution is 5.93. The number of benzene rings is 2. The van der Waals surface area contributed by atoms with Gasteiger partial charge in [-0.1, -0.05) is 6.92 Å². The summed E-state index contributed by atoms with van der Waals surface area (Å²) in [5.41, 5.74) is 1.93. The lowest BCUT2D eigenvalue weighted by molar-refractivity contribution is -0.114. The fourth-order valence-electron chi connectivity index (χ4n) is 3.04. The van der Waals surface area contributed by atoms with E-state index in [0.29, 0.717) is 5.69 Å². The molecule has 1 fully saturated rings. The number of piperidine rings is 1. The van der Waals surface area contributed by atoms with Gasteiger partial charge in [-0.15, -0.1) is 0 Å². The lowest BCUT2D eigenvalue weighted by atomic mass is 9.99. The molecule has 2 N–H and O–H groups in total. The summed E-state index contributed by atoms with van der Waals surface area (Å²) in [6, 6.07) is 10.9. The minimum atomic E-state index is -0.724. The topological polar surface area (TPSA) is 44.4 Å². The molecular weight excluding hydrogens is 336 g/mol. The molecular formula is C20H23F2N3O. The Balaban J connectivity index is 1.51. The van der Waals surface area contributed by atoms with E-state index in [1.54, 1.807) is 0 Å². The summed E-state index contributed by atoms with van der Waals surface area (Å²) < 4.78 is 26.4. The Labute approximate surface area is 152 Å². The summed E-state index contributed by atoms with van der Waals surface area (Å²) in [6.07, 6.45) is 2.40. The van der Waals surface area contributed by atoms with Crippen molar-refractivity contribution < 1.29 is 13.6 Å². The van der Waals surface area contributed by atoms with Crippen LogP contribution < -0.4 is 15.5 Å². The Morgan fingerprint density at radius 1 is 1.12 bits per heavy atom. The first-order chi connectivity index (χ1) is 12.5. The molecule has 0 aliphatic carbocycles. The van der Waals surface area contributed by atoms with Gasteiger partial charge in [0.15, 0.2) is 0 Å². The first-order valence-electron chi connectivity index (χ1n) is 8.85. The van der Waals surface area contributed by atoms with Crippen LogP contribution in [0.15, 0.2) is 42.5 Å². The van der Waals surface area contributed by atoms with Crippen LogP contribution in [0.1, 0.15) is 19.8 Å². The molecule has 0 atom stereocenters. The number of anilines is 3. The maximum absolute atomic E-state index is 13.5. The van der Waals surface area contributed by atoms with Gasteiger partial charge in [0, 0.05) is 30.5 Å². The summed E-state index contributed by atoms with van der Waals surface area (Å²) >= 11 is 0. The van der Waals surface area contributed by atoms with Gasteiger partial charge in [0.1, 0.15) is 11.6 Å². The van der Waals surface area contributed by atoms with Gasteiger partial charge in [-0.2, -0.15) is 0 Å². The van der Waals surface area contributed by atoms with Crippen LogP contribution in [0.5, 0.6) is 0 Å². The van der Waals surface area contributed by atoms with E-state index in [0.717, 1.165) is 36.8 Å². The second-order valence-corrected chi connectivity index (χ2v) is 6.74. The molecule has 0 unspecified atom stereocenters. The van der Waals surface area contributed by atoms with Gasteiger partial charge in [0.05, 0.1) is 12.2 Å². The van der Waals surface area contributed by atoms with Crippen molar-refractivity contribution in [3.05, 3.63) is 54.1 Å². The van der Waals surface area contributed by atoms with Gasteiger partial charge in [-0.05, 0) is 55.2 Å². The lowest BCUT2D eigenvalue weighted by Gasteiger charge is -2.32. The molecule has 0 bridgehead atoms. The third-order valence-corrected chi connectivity index (χ3v) is 4.67. The van der Waals surface area contributed by atoms with Crippen LogP contribution >= 0.6 is 0 Å². The molecule has 1 saturated heterocycles. The molecule has 6 heteroatoms. The number of nitrogens with zero attached hydrogens (tertiary/aromatic N) is 1. The Morgan fingerprint density at radius 2 is 1.81 bits per heavy atom. The van der Waals surface area contributed by atoms with Gasteiger partial charge < -0.3 is 15.5 Å². The molecule has 1 amide bonds. The maximum atomic E-state index is 13.5. The number of nitrogens with one attached hydrogen (secondary N) is 2. The van der Waals surface area contributed by atoms with Crippen LogP contribution in [-0.2, 0) is 4.79 Å². The molecule has 3 rings (SSSR count). The highest BCUT2D eigenvalue weighted by Gasteiger charge is 2.16. The van der Waals surface area contributed by atoms with E-state index in [2.05, 4.69) is 22.5 Å². The predicted octanol–water partition coefficient (Wildman–Crippen LogP) is 4.25. The Kier molecular flexibility index (Phi) is 5.71. The standard InChI is InChI=1S/C20H23F2N3O/c1-14-8-10-25(11-9-14)17-5-3-16(4-6-17)24-20(26)13-23-19-7-2-15(21)12-18(19)22/h2-7,12,14,23H,8-11,13H2,1H3,(H,24,26). The molecule has 4 nitrogen and oxygen atoms in total. The average Bonchev–Trinajstić information content (AvgIpc) is 2.62. The smallest absolute Gasteiger partial charge is 0.243 e. The minimum absolute atomic E-state index is 0.0937. The first kappa shape index (κ1) is 18.2. The molecule has 0 radical (unpaired) electrons. The number of hydrogen-bond donors (Lipinski definition) is 2. The van der Waals surface area contributed by atoms with Gasteiger partial charge in [-0.25, -0.2) is 8.78 Å². The van der Waals surface area contributed by atoms with Crippen LogP contribution in [-0.4, -0.2) is 25.5 Å². The van der Waals surface area contributed by atoms with Crippen molar-refractivity contribution in [2.75, 3.05) is 35.2 Å². The van der Waals surface area contributed by atoms with E-state index in [9.17, 15) is 13.6 Å². The summed E-state index contributed by atoms with van der Waals surface area (Å²) in [7, 11) is 0. The molecule has 2 aromatic carbocycles. The molecule has 0 spiro atoms. The lowest BCUT2D eigenvalue weighted by Crippen LogP contribution is -2.32. The summed E-state index contributed by atoms with van der Waals surface area (Å²) in [5, 5.41) is 5.43. The normalized spacial score (nSPS) is 15.0. The molecule has 1 aliphatic heterocycles.